The zero-order chi connectivity index (χ0) is 17.7. The number of hydrogen-bond acceptors (Lipinski definition) is 3. The Labute approximate surface area is 140 Å². The summed E-state index contributed by atoms with van der Waals surface area (Å²) in [6.07, 6.45) is 2.09. The number of nitrogens with one attached hydrogen (secondary N) is 2. The second-order valence-corrected chi connectivity index (χ2v) is 6.27. The maximum absolute atomic E-state index is 12.2. The molecule has 1 aromatic carbocycles. The molecular formula is C17H22N4O3. The maximum Gasteiger partial charge on any atom is 0.319 e. The van der Waals surface area contributed by atoms with Gasteiger partial charge in [0.05, 0.1) is 23.3 Å². The summed E-state index contributed by atoms with van der Waals surface area (Å²) in [5.74, 6) is -0.884. The minimum Gasteiger partial charge on any atom is -0.481 e. The van der Waals surface area contributed by atoms with Crippen molar-refractivity contribution in [1.82, 2.24) is 15.1 Å². The highest BCUT2D eigenvalue weighted by molar-refractivity contribution is 5.90. The zero-order valence-corrected chi connectivity index (χ0v) is 14.0. The minimum atomic E-state index is -0.884. The third kappa shape index (κ3) is 4.84. The van der Waals surface area contributed by atoms with Crippen molar-refractivity contribution >= 4 is 17.7 Å². The van der Waals surface area contributed by atoms with Gasteiger partial charge >= 0.3 is 12.0 Å². The number of urea groups is 1. The van der Waals surface area contributed by atoms with Crippen LogP contribution >= 0.6 is 0 Å². The molecule has 3 N–H and O–H groups in total. The van der Waals surface area contributed by atoms with Crippen LogP contribution in [0, 0.1) is 6.92 Å². The summed E-state index contributed by atoms with van der Waals surface area (Å²) < 4.78 is 1.69. The fourth-order valence-corrected chi connectivity index (χ4v) is 2.24. The van der Waals surface area contributed by atoms with Gasteiger partial charge in [0, 0.05) is 12.0 Å². The highest BCUT2D eigenvalue weighted by Crippen LogP contribution is 2.17. The lowest BCUT2D eigenvalue weighted by Gasteiger charge is -2.25. The van der Waals surface area contributed by atoms with E-state index in [4.69, 9.17) is 5.11 Å². The number of benzene rings is 1. The van der Waals surface area contributed by atoms with E-state index >= 15 is 0 Å². The van der Waals surface area contributed by atoms with Crippen molar-refractivity contribution in [2.24, 2.45) is 0 Å². The zero-order valence-electron chi connectivity index (χ0n) is 14.0. The maximum atomic E-state index is 12.2. The molecule has 0 atom stereocenters. The highest BCUT2D eigenvalue weighted by Gasteiger charge is 2.22. The number of carbonyl (C=O) groups excluding carboxylic acids is 1. The quantitative estimate of drug-likeness (QED) is 0.758. The van der Waals surface area contributed by atoms with Crippen LogP contribution < -0.4 is 10.6 Å². The van der Waals surface area contributed by atoms with E-state index in [0.29, 0.717) is 17.8 Å². The predicted octanol–water partition coefficient (Wildman–Crippen LogP) is 2.95. The van der Waals surface area contributed by atoms with Crippen LogP contribution in [-0.2, 0) is 4.79 Å². The van der Waals surface area contributed by atoms with Gasteiger partial charge in [-0.05, 0) is 39.3 Å². The molecule has 1 heterocycles. The lowest BCUT2D eigenvalue weighted by Crippen LogP contribution is -2.45. The third-order valence-corrected chi connectivity index (χ3v) is 3.58. The lowest BCUT2D eigenvalue weighted by atomic mass is 9.99. The van der Waals surface area contributed by atoms with Crippen LogP contribution in [0.3, 0.4) is 0 Å². The van der Waals surface area contributed by atoms with Crippen molar-refractivity contribution in [2.45, 2.75) is 39.2 Å². The average molecular weight is 330 g/mol. The van der Waals surface area contributed by atoms with Crippen LogP contribution in [0.25, 0.3) is 5.69 Å². The number of amides is 2. The van der Waals surface area contributed by atoms with Crippen molar-refractivity contribution in [3.8, 4) is 5.69 Å². The number of aromatic nitrogens is 2. The first-order valence-corrected chi connectivity index (χ1v) is 7.69. The molecule has 0 bridgehead atoms. The van der Waals surface area contributed by atoms with Gasteiger partial charge < -0.3 is 15.7 Å². The Morgan fingerprint density at radius 2 is 1.92 bits per heavy atom. The number of rotatable bonds is 6. The molecule has 0 unspecified atom stereocenters. The SMILES string of the molecule is Cc1nn(-c2ccccc2)cc1NC(=O)NC(C)(C)CCC(=O)O. The Kier molecular flexibility index (Phi) is 5.23. The topological polar surface area (TPSA) is 96.3 Å². The molecule has 2 amide bonds. The first-order valence-electron chi connectivity index (χ1n) is 7.69. The van der Waals surface area contributed by atoms with Gasteiger partial charge in [0.15, 0.2) is 0 Å². The molecule has 2 aromatic rings. The summed E-state index contributed by atoms with van der Waals surface area (Å²) >= 11 is 0. The van der Waals surface area contributed by atoms with Gasteiger partial charge in [0.25, 0.3) is 0 Å². The molecule has 24 heavy (non-hydrogen) atoms. The van der Waals surface area contributed by atoms with Crippen LogP contribution in [0.5, 0.6) is 0 Å². The number of hydrogen-bond donors (Lipinski definition) is 3. The van der Waals surface area contributed by atoms with Gasteiger partial charge in [0.1, 0.15) is 0 Å². The number of anilines is 1. The first-order chi connectivity index (χ1) is 11.3. The van der Waals surface area contributed by atoms with E-state index in [1.165, 1.54) is 0 Å². The van der Waals surface area contributed by atoms with Gasteiger partial charge in [-0.3, -0.25) is 4.79 Å². The molecule has 7 nitrogen and oxygen atoms in total. The summed E-state index contributed by atoms with van der Waals surface area (Å²) in [6, 6.07) is 9.21. The van der Waals surface area contributed by atoms with E-state index in [-0.39, 0.29) is 12.5 Å². The van der Waals surface area contributed by atoms with Crippen molar-refractivity contribution in [1.29, 1.82) is 0 Å². The molecule has 0 spiro atoms. The van der Waals surface area contributed by atoms with Crippen LogP contribution in [0.1, 0.15) is 32.4 Å². The highest BCUT2D eigenvalue weighted by atomic mass is 16.4. The summed E-state index contributed by atoms with van der Waals surface area (Å²) in [4.78, 5) is 22.8. The smallest absolute Gasteiger partial charge is 0.319 e. The van der Waals surface area contributed by atoms with E-state index in [2.05, 4.69) is 15.7 Å². The summed E-state index contributed by atoms with van der Waals surface area (Å²) in [5, 5.41) is 18.7. The number of aliphatic carboxylic acids is 1. The molecule has 1 aromatic heterocycles. The van der Waals surface area contributed by atoms with E-state index < -0.39 is 11.5 Å². The second-order valence-electron chi connectivity index (χ2n) is 6.27. The van der Waals surface area contributed by atoms with Gasteiger partial charge in [-0.15, -0.1) is 0 Å². The standard InChI is InChI=1S/C17H22N4O3/c1-12-14(11-21(20-12)13-7-5-4-6-8-13)18-16(24)19-17(2,3)10-9-15(22)23/h4-8,11H,9-10H2,1-3H3,(H,22,23)(H2,18,19,24). The van der Waals surface area contributed by atoms with E-state index in [0.717, 1.165) is 5.69 Å². The van der Waals surface area contributed by atoms with E-state index in [1.54, 1.807) is 24.7 Å². The molecule has 0 aliphatic rings. The number of carbonyl (C=O) groups is 2. The second kappa shape index (κ2) is 7.16. The first kappa shape index (κ1) is 17.5. The van der Waals surface area contributed by atoms with Crippen LogP contribution in [-0.4, -0.2) is 32.4 Å². The lowest BCUT2D eigenvalue weighted by molar-refractivity contribution is -0.137. The Morgan fingerprint density at radius 3 is 2.54 bits per heavy atom. The van der Waals surface area contributed by atoms with Gasteiger partial charge in [-0.2, -0.15) is 5.10 Å². The molecular weight excluding hydrogens is 308 g/mol. The largest absolute Gasteiger partial charge is 0.481 e. The molecule has 0 fully saturated rings. The van der Waals surface area contributed by atoms with Crippen molar-refractivity contribution < 1.29 is 14.7 Å². The third-order valence-electron chi connectivity index (χ3n) is 3.58. The predicted molar refractivity (Wildman–Crippen MR) is 91.4 cm³/mol. The van der Waals surface area contributed by atoms with Crippen molar-refractivity contribution in [3.05, 3.63) is 42.2 Å². The number of aryl methyl sites for hydroxylation is 1. The molecule has 128 valence electrons. The normalized spacial score (nSPS) is 11.1. The molecule has 7 heteroatoms. The summed E-state index contributed by atoms with van der Waals surface area (Å²) in [7, 11) is 0. The summed E-state index contributed by atoms with van der Waals surface area (Å²) in [5.41, 5.74) is 1.57. The number of para-hydroxylation sites is 1. The Morgan fingerprint density at radius 1 is 1.25 bits per heavy atom. The summed E-state index contributed by atoms with van der Waals surface area (Å²) in [6.45, 7) is 5.39. The van der Waals surface area contributed by atoms with Crippen molar-refractivity contribution in [3.63, 3.8) is 0 Å². The molecule has 2 rings (SSSR count). The Balaban J connectivity index is 2.02. The molecule has 0 radical (unpaired) electrons. The van der Waals surface area contributed by atoms with Gasteiger partial charge in [0.2, 0.25) is 0 Å². The van der Waals surface area contributed by atoms with Crippen LogP contribution in [0.4, 0.5) is 10.5 Å². The van der Waals surface area contributed by atoms with Crippen LogP contribution in [0.2, 0.25) is 0 Å². The molecule has 0 aliphatic carbocycles. The molecule has 0 saturated carbocycles. The van der Waals surface area contributed by atoms with Gasteiger partial charge in [-0.25, -0.2) is 9.48 Å². The Hall–Kier alpha value is -2.83. The number of carboxylic acid groups (broad SMARTS) is 1. The van der Waals surface area contributed by atoms with Gasteiger partial charge in [-0.1, -0.05) is 18.2 Å². The minimum absolute atomic E-state index is 0.00174. The number of carboxylic acids is 1. The van der Waals surface area contributed by atoms with E-state index in [1.807, 2.05) is 37.3 Å². The Bertz CT molecular complexity index is 723. The molecule has 0 aliphatic heterocycles. The monoisotopic (exact) mass is 330 g/mol. The fourth-order valence-electron chi connectivity index (χ4n) is 2.24. The fraction of sp³-hybridized carbons (Fsp3) is 0.353. The van der Waals surface area contributed by atoms with Crippen molar-refractivity contribution in [2.75, 3.05) is 5.32 Å². The molecule has 0 saturated heterocycles. The number of nitrogens with zero attached hydrogens (tertiary/aromatic N) is 2. The average Bonchev–Trinajstić information content (AvgIpc) is 2.87. The van der Waals surface area contributed by atoms with E-state index in [9.17, 15) is 9.59 Å². The van der Waals surface area contributed by atoms with Crippen LogP contribution in [0.15, 0.2) is 36.5 Å².